The third-order valence-electron chi connectivity index (χ3n) is 2.85. The first-order valence-electron chi connectivity index (χ1n) is 6.07. The van der Waals surface area contributed by atoms with Gasteiger partial charge in [-0.15, -0.1) is 0 Å². The van der Waals surface area contributed by atoms with Crippen molar-refractivity contribution in [1.29, 1.82) is 0 Å². The first kappa shape index (κ1) is 14.2. The van der Waals surface area contributed by atoms with Gasteiger partial charge in [0.2, 0.25) is 0 Å². The van der Waals surface area contributed by atoms with Crippen molar-refractivity contribution in [1.82, 2.24) is 5.32 Å². The standard InChI is InChI=1S/C15H14BrF2N/c1-2-19-9-10-6-7-14(17)12(8-10)11-4-3-5-13(16)15(11)18/h3-8,19H,2,9H2,1H3. The molecule has 1 nitrogen and oxygen atoms in total. The Morgan fingerprint density at radius 2 is 1.89 bits per heavy atom. The SMILES string of the molecule is CCNCc1ccc(F)c(-c2cccc(Br)c2F)c1. The number of benzene rings is 2. The second kappa shape index (κ2) is 6.26. The van der Waals surface area contributed by atoms with E-state index in [1.165, 1.54) is 6.07 Å². The highest BCUT2D eigenvalue weighted by Crippen LogP contribution is 2.30. The first-order valence-corrected chi connectivity index (χ1v) is 6.86. The van der Waals surface area contributed by atoms with Gasteiger partial charge in [-0.05, 0) is 46.2 Å². The van der Waals surface area contributed by atoms with Crippen LogP contribution < -0.4 is 5.32 Å². The topological polar surface area (TPSA) is 12.0 Å². The van der Waals surface area contributed by atoms with Crippen LogP contribution in [0.5, 0.6) is 0 Å². The van der Waals surface area contributed by atoms with Crippen LogP contribution in [0.3, 0.4) is 0 Å². The van der Waals surface area contributed by atoms with Gasteiger partial charge in [-0.2, -0.15) is 0 Å². The van der Waals surface area contributed by atoms with Crippen LogP contribution in [-0.4, -0.2) is 6.54 Å². The van der Waals surface area contributed by atoms with E-state index in [9.17, 15) is 8.78 Å². The summed E-state index contributed by atoms with van der Waals surface area (Å²) in [6, 6.07) is 9.64. The van der Waals surface area contributed by atoms with Gasteiger partial charge in [-0.25, -0.2) is 8.78 Å². The van der Waals surface area contributed by atoms with Crippen LogP contribution in [0.1, 0.15) is 12.5 Å². The Labute approximate surface area is 119 Å². The van der Waals surface area contributed by atoms with Gasteiger partial charge < -0.3 is 5.32 Å². The van der Waals surface area contributed by atoms with Gasteiger partial charge in [0.05, 0.1) is 4.47 Å². The molecule has 4 heteroatoms. The van der Waals surface area contributed by atoms with Crippen LogP contribution in [0, 0.1) is 11.6 Å². The minimum Gasteiger partial charge on any atom is -0.313 e. The Bertz CT molecular complexity index is 584. The lowest BCUT2D eigenvalue weighted by molar-refractivity contribution is 0.611. The van der Waals surface area contributed by atoms with Crippen molar-refractivity contribution in [3.63, 3.8) is 0 Å². The lowest BCUT2D eigenvalue weighted by Crippen LogP contribution is -2.11. The molecule has 1 N–H and O–H groups in total. The summed E-state index contributed by atoms with van der Waals surface area (Å²) in [4.78, 5) is 0. The van der Waals surface area contributed by atoms with E-state index in [2.05, 4.69) is 21.2 Å². The van der Waals surface area contributed by atoms with E-state index in [-0.39, 0.29) is 11.1 Å². The van der Waals surface area contributed by atoms with Crippen molar-refractivity contribution in [3.05, 3.63) is 58.1 Å². The van der Waals surface area contributed by atoms with Crippen LogP contribution in [0.25, 0.3) is 11.1 Å². The lowest BCUT2D eigenvalue weighted by atomic mass is 10.0. The zero-order valence-corrected chi connectivity index (χ0v) is 12.1. The fraction of sp³-hybridized carbons (Fsp3) is 0.200. The quantitative estimate of drug-likeness (QED) is 0.872. The highest BCUT2D eigenvalue weighted by Gasteiger charge is 2.12. The molecule has 0 spiro atoms. The highest BCUT2D eigenvalue weighted by molar-refractivity contribution is 9.10. The molecular formula is C15H14BrF2N. The molecule has 0 heterocycles. The number of hydrogen-bond acceptors (Lipinski definition) is 1. The normalized spacial score (nSPS) is 10.7. The maximum atomic E-state index is 14.0. The summed E-state index contributed by atoms with van der Waals surface area (Å²) >= 11 is 3.12. The van der Waals surface area contributed by atoms with Crippen LogP contribution in [-0.2, 0) is 6.54 Å². The minimum atomic E-state index is -0.443. The lowest BCUT2D eigenvalue weighted by Gasteiger charge is -2.09. The fourth-order valence-corrected chi connectivity index (χ4v) is 2.24. The van der Waals surface area contributed by atoms with Crippen LogP contribution >= 0.6 is 15.9 Å². The summed E-state index contributed by atoms with van der Waals surface area (Å²) in [6.07, 6.45) is 0. The van der Waals surface area contributed by atoms with Gasteiger partial charge in [0, 0.05) is 17.7 Å². The summed E-state index contributed by atoms with van der Waals surface area (Å²) < 4.78 is 28.2. The van der Waals surface area contributed by atoms with Gasteiger partial charge in [-0.1, -0.05) is 25.1 Å². The molecule has 2 aromatic carbocycles. The summed E-state index contributed by atoms with van der Waals surface area (Å²) in [5, 5.41) is 3.16. The molecule has 0 aliphatic rings. The van der Waals surface area contributed by atoms with Gasteiger partial charge in [0.25, 0.3) is 0 Å². The van der Waals surface area contributed by atoms with E-state index in [4.69, 9.17) is 0 Å². The van der Waals surface area contributed by atoms with E-state index in [0.29, 0.717) is 11.0 Å². The van der Waals surface area contributed by atoms with Crippen molar-refractivity contribution in [3.8, 4) is 11.1 Å². The van der Waals surface area contributed by atoms with Crippen LogP contribution in [0.15, 0.2) is 40.9 Å². The molecule has 0 fully saturated rings. The number of hydrogen-bond donors (Lipinski definition) is 1. The molecule has 0 aromatic heterocycles. The zero-order chi connectivity index (χ0) is 13.8. The monoisotopic (exact) mass is 325 g/mol. The van der Waals surface area contributed by atoms with Crippen LogP contribution in [0.2, 0.25) is 0 Å². The van der Waals surface area contributed by atoms with Gasteiger partial charge >= 0.3 is 0 Å². The van der Waals surface area contributed by atoms with Gasteiger partial charge in [0.1, 0.15) is 11.6 Å². The molecule has 0 bridgehead atoms. The molecule has 100 valence electrons. The number of halogens is 3. The second-order valence-corrected chi connectivity index (χ2v) is 5.05. The van der Waals surface area contributed by atoms with E-state index < -0.39 is 11.6 Å². The van der Waals surface area contributed by atoms with E-state index >= 15 is 0 Å². The van der Waals surface area contributed by atoms with Crippen molar-refractivity contribution in [2.75, 3.05) is 6.54 Å². The molecular weight excluding hydrogens is 312 g/mol. The predicted molar refractivity (Wildman–Crippen MR) is 76.9 cm³/mol. The molecule has 0 aliphatic heterocycles. The number of nitrogens with one attached hydrogen (secondary N) is 1. The van der Waals surface area contributed by atoms with E-state index in [1.54, 1.807) is 30.3 Å². The Balaban J connectivity index is 2.45. The molecule has 0 radical (unpaired) electrons. The predicted octanol–water partition coefficient (Wildman–Crippen LogP) is 4.50. The molecule has 0 amide bonds. The van der Waals surface area contributed by atoms with Gasteiger partial charge in [-0.3, -0.25) is 0 Å². The molecule has 0 atom stereocenters. The molecule has 0 saturated carbocycles. The van der Waals surface area contributed by atoms with Crippen molar-refractivity contribution in [2.45, 2.75) is 13.5 Å². The third kappa shape index (κ3) is 3.19. The van der Waals surface area contributed by atoms with Crippen molar-refractivity contribution >= 4 is 15.9 Å². The molecule has 0 unspecified atom stereocenters. The van der Waals surface area contributed by atoms with Crippen molar-refractivity contribution < 1.29 is 8.78 Å². The maximum Gasteiger partial charge on any atom is 0.145 e. The van der Waals surface area contributed by atoms with Crippen molar-refractivity contribution in [2.24, 2.45) is 0 Å². The summed E-state index contributed by atoms with van der Waals surface area (Å²) in [5.74, 6) is -0.862. The Morgan fingerprint density at radius 1 is 1.11 bits per heavy atom. The molecule has 2 rings (SSSR count). The Kier molecular flexibility index (Phi) is 4.66. The zero-order valence-electron chi connectivity index (χ0n) is 10.5. The van der Waals surface area contributed by atoms with Gasteiger partial charge in [0.15, 0.2) is 0 Å². The smallest absolute Gasteiger partial charge is 0.145 e. The van der Waals surface area contributed by atoms with Crippen LogP contribution in [0.4, 0.5) is 8.78 Å². The minimum absolute atomic E-state index is 0.269. The largest absolute Gasteiger partial charge is 0.313 e. The Morgan fingerprint density at radius 3 is 2.63 bits per heavy atom. The number of rotatable bonds is 4. The highest BCUT2D eigenvalue weighted by atomic mass is 79.9. The fourth-order valence-electron chi connectivity index (χ4n) is 1.87. The summed E-state index contributed by atoms with van der Waals surface area (Å²) in [6.45, 7) is 3.47. The molecule has 0 saturated heterocycles. The Hall–Kier alpha value is -1.26. The first-order chi connectivity index (χ1) is 9.13. The second-order valence-electron chi connectivity index (χ2n) is 4.20. The molecule has 0 aliphatic carbocycles. The molecule has 2 aromatic rings. The average Bonchev–Trinajstić information content (AvgIpc) is 2.41. The summed E-state index contributed by atoms with van der Waals surface area (Å²) in [7, 11) is 0. The van der Waals surface area contributed by atoms with E-state index in [1.807, 2.05) is 6.92 Å². The van der Waals surface area contributed by atoms with E-state index in [0.717, 1.165) is 12.1 Å². The average molecular weight is 326 g/mol. The third-order valence-corrected chi connectivity index (χ3v) is 3.46. The maximum absolute atomic E-state index is 14.0. The molecule has 19 heavy (non-hydrogen) atoms. The summed E-state index contributed by atoms with van der Waals surface area (Å²) in [5.41, 5.74) is 1.48.